The van der Waals surface area contributed by atoms with Crippen LogP contribution < -0.4 is 10.1 Å². The lowest BCUT2D eigenvalue weighted by molar-refractivity contribution is -0.256. The van der Waals surface area contributed by atoms with Gasteiger partial charge in [0.2, 0.25) is 0 Å². The Bertz CT molecular complexity index is 1150. The number of hydrogen-bond donors (Lipinski definition) is 2. The van der Waals surface area contributed by atoms with Crippen LogP contribution in [0.4, 0.5) is 23.2 Å². The topological polar surface area (TPSA) is 54.4 Å². The monoisotopic (exact) mass is 502 g/mol. The number of nitrogens with one attached hydrogen (secondary N) is 1. The maximum atomic E-state index is 15.3. The first kappa shape index (κ1) is 25.4. The van der Waals surface area contributed by atoms with Crippen molar-refractivity contribution in [2.75, 3.05) is 23.9 Å². The van der Waals surface area contributed by atoms with E-state index in [9.17, 15) is 18.3 Å². The van der Waals surface area contributed by atoms with Crippen LogP contribution in [0.2, 0.25) is 5.02 Å². The highest BCUT2D eigenvalue weighted by molar-refractivity contribution is 7.99. The summed E-state index contributed by atoms with van der Waals surface area (Å²) in [5, 5.41) is 14.3. The molecule has 3 aromatic rings. The highest BCUT2D eigenvalue weighted by Gasteiger charge is 2.59. The van der Waals surface area contributed by atoms with Gasteiger partial charge in [-0.1, -0.05) is 30.7 Å². The van der Waals surface area contributed by atoms with E-state index in [4.69, 9.17) is 16.3 Å². The molecule has 2 atom stereocenters. The molecule has 178 valence electrons. The smallest absolute Gasteiger partial charge is 0.420 e. The normalized spacial score (nSPS) is 14.7. The molecule has 0 aliphatic carbocycles. The van der Waals surface area contributed by atoms with Crippen LogP contribution in [0.15, 0.2) is 42.5 Å². The van der Waals surface area contributed by atoms with Crippen LogP contribution in [0.1, 0.15) is 24.2 Å². The number of pyridine rings is 1. The summed E-state index contributed by atoms with van der Waals surface area (Å²) in [4.78, 5) is 4.39. The molecule has 0 amide bonds. The highest BCUT2D eigenvalue weighted by Crippen LogP contribution is 2.46. The van der Waals surface area contributed by atoms with Gasteiger partial charge in [-0.3, -0.25) is 4.98 Å². The summed E-state index contributed by atoms with van der Waals surface area (Å²) < 4.78 is 63.3. The van der Waals surface area contributed by atoms with Crippen molar-refractivity contribution in [1.82, 2.24) is 4.98 Å². The number of aliphatic hydroxyl groups is 1. The average Bonchev–Trinajstić information content (AvgIpc) is 2.75. The molecule has 0 aliphatic rings. The van der Waals surface area contributed by atoms with Crippen molar-refractivity contribution in [3.63, 3.8) is 0 Å². The first-order chi connectivity index (χ1) is 15.5. The van der Waals surface area contributed by atoms with E-state index in [0.717, 1.165) is 30.6 Å². The van der Waals surface area contributed by atoms with E-state index in [-0.39, 0.29) is 10.7 Å². The molecule has 0 spiro atoms. The predicted octanol–water partition coefficient (Wildman–Crippen LogP) is 6.54. The Morgan fingerprint density at radius 3 is 2.55 bits per heavy atom. The van der Waals surface area contributed by atoms with Gasteiger partial charge in [0.1, 0.15) is 0 Å². The SMILES string of the molecule is CCSC[C@@](O)([C@H](Nc1cccc2nc(C)ccc12)c1ccc(Cl)c(OC)c1F)C(F)(F)F. The van der Waals surface area contributed by atoms with Gasteiger partial charge in [0.25, 0.3) is 0 Å². The molecule has 3 rings (SSSR count). The summed E-state index contributed by atoms with van der Waals surface area (Å²) >= 11 is 6.86. The number of hydrogen-bond acceptors (Lipinski definition) is 5. The van der Waals surface area contributed by atoms with E-state index in [0.29, 0.717) is 16.7 Å². The van der Waals surface area contributed by atoms with Gasteiger partial charge in [0, 0.05) is 28.1 Å². The van der Waals surface area contributed by atoms with Crippen LogP contribution in [0.25, 0.3) is 10.9 Å². The number of thioether (sulfide) groups is 1. The number of anilines is 1. The number of nitrogens with zero attached hydrogens (tertiary/aromatic N) is 1. The second-order valence-electron chi connectivity index (χ2n) is 7.45. The molecule has 0 saturated heterocycles. The quantitative estimate of drug-likeness (QED) is 0.342. The summed E-state index contributed by atoms with van der Waals surface area (Å²) in [5.41, 5.74) is -2.19. The molecule has 1 heterocycles. The van der Waals surface area contributed by atoms with E-state index in [1.807, 2.05) is 0 Å². The standard InChI is InChI=1S/C23H23ClF4N2O2S/c1-4-33-12-22(31,23(26,27)28)21(15-10-11-16(24)20(32-3)19(15)25)30-18-7-5-6-17-14(18)9-8-13(2)29-17/h5-11,21,30-31H,4,12H2,1-3H3/t21-,22-/m1/s1. The van der Waals surface area contributed by atoms with Crippen LogP contribution in [0.5, 0.6) is 5.75 Å². The molecule has 0 saturated carbocycles. The maximum Gasteiger partial charge on any atom is 0.420 e. The zero-order valence-electron chi connectivity index (χ0n) is 18.1. The highest BCUT2D eigenvalue weighted by atomic mass is 35.5. The minimum Gasteiger partial charge on any atom is -0.492 e. The van der Waals surface area contributed by atoms with Gasteiger partial charge in [-0.2, -0.15) is 24.9 Å². The van der Waals surface area contributed by atoms with Crippen LogP contribution >= 0.6 is 23.4 Å². The predicted molar refractivity (Wildman–Crippen MR) is 125 cm³/mol. The number of aryl methyl sites for hydroxylation is 1. The number of halogens is 5. The van der Waals surface area contributed by atoms with Crippen LogP contribution in [-0.2, 0) is 0 Å². The number of methoxy groups -OCH3 is 1. The van der Waals surface area contributed by atoms with E-state index in [1.54, 1.807) is 44.2 Å². The van der Waals surface area contributed by atoms with Crippen molar-refractivity contribution in [2.45, 2.75) is 31.7 Å². The molecular formula is C23H23ClF4N2O2S. The summed E-state index contributed by atoms with van der Waals surface area (Å²) in [5.74, 6) is -1.86. The Morgan fingerprint density at radius 2 is 1.91 bits per heavy atom. The fourth-order valence-electron chi connectivity index (χ4n) is 3.54. The van der Waals surface area contributed by atoms with Crippen molar-refractivity contribution in [1.29, 1.82) is 0 Å². The van der Waals surface area contributed by atoms with Gasteiger partial charge in [-0.05, 0) is 43.0 Å². The van der Waals surface area contributed by atoms with Crippen LogP contribution in [-0.4, -0.2) is 40.5 Å². The van der Waals surface area contributed by atoms with Gasteiger partial charge in [0.15, 0.2) is 17.2 Å². The number of alkyl halides is 3. The molecule has 0 fully saturated rings. The molecule has 0 radical (unpaired) electrons. The largest absolute Gasteiger partial charge is 0.492 e. The summed E-state index contributed by atoms with van der Waals surface area (Å²) in [6, 6.07) is 8.79. The Labute approximate surface area is 198 Å². The van der Waals surface area contributed by atoms with Gasteiger partial charge >= 0.3 is 6.18 Å². The van der Waals surface area contributed by atoms with Crippen molar-refractivity contribution < 1.29 is 27.4 Å². The fourth-order valence-corrected chi connectivity index (χ4v) is 4.61. The summed E-state index contributed by atoms with van der Waals surface area (Å²) in [6.45, 7) is 3.47. The molecule has 2 aromatic carbocycles. The lowest BCUT2D eigenvalue weighted by Crippen LogP contribution is -2.55. The third-order valence-corrected chi connectivity index (χ3v) is 6.61. The second-order valence-corrected chi connectivity index (χ2v) is 9.13. The maximum absolute atomic E-state index is 15.3. The van der Waals surface area contributed by atoms with Crippen molar-refractivity contribution in [3.8, 4) is 5.75 Å². The zero-order chi connectivity index (χ0) is 24.4. The Kier molecular flexibility index (Phi) is 7.65. The first-order valence-corrected chi connectivity index (χ1v) is 11.6. The Morgan fingerprint density at radius 1 is 1.18 bits per heavy atom. The molecule has 33 heavy (non-hydrogen) atoms. The van der Waals surface area contributed by atoms with E-state index < -0.39 is 40.7 Å². The number of ether oxygens (including phenoxy) is 1. The average molecular weight is 503 g/mol. The van der Waals surface area contributed by atoms with Gasteiger partial charge in [0.05, 0.1) is 23.7 Å². The third-order valence-electron chi connectivity index (χ3n) is 5.26. The van der Waals surface area contributed by atoms with Gasteiger partial charge < -0.3 is 15.2 Å². The third kappa shape index (κ3) is 5.00. The lowest BCUT2D eigenvalue weighted by atomic mass is 9.88. The summed E-state index contributed by atoms with van der Waals surface area (Å²) in [6.07, 6.45) is -5.08. The van der Waals surface area contributed by atoms with Gasteiger partial charge in [-0.25, -0.2) is 4.39 Å². The van der Waals surface area contributed by atoms with Crippen LogP contribution in [0, 0.1) is 12.7 Å². The van der Waals surface area contributed by atoms with E-state index in [2.05, 4.69) is 10.3 Å². The number of aromatic nitrogens is 1. The number of benzene rings is 2. The molecule has 0 unspecified atom stereocenters. The molecule has 0 bridgehead atoms. The molecule has 4 nitrogen and oxygen atoms in total. The van der Waals surface area contributed by atoms with E-state index >= 15 is 4.39 Å². The molecule has 10 heteroatoms. The zero-order valence-corrected chi connectivity index (χ0v) is 19.7. The lowest BCUT2D eigenvalue weighted by Gasteiger charge is -2.39. The van der Waals surface area contributed by atoms with Crippen molar-refractivity contribution in [3.05, 3.63) is 64.6 Å². The molecule has 1 aromatic heterocycles. The fraction of sp³-hybridized carbons (Fsp3) is 0.348. The van der Waals surface area contributed by atoms with Crippen molar-refractivity contribution in [2.24, 2.45) is 0 Å². The van der Waals surface area contributed by atoms with E-state index in [1.165, 1.54) is 6.07 Å². The molecule has 0 aliphatic heterocycles. The molecule has 2 N–H and O–H groups in total. The Hall–Kier alpha value is -2.23. The molecular weight excluding hydrogens is 480 g/mol. The number of rotatable bonds is 8. The Balaban J connectivity index is 2.25. The minimum absolute atomic E-state index is 0.0965. The first-order valence-electron chi connectivity index (χ1n) is 10.0. The number of fused-ring (bicyclic) bond motifs is 1. The second kappa shape index (κ2) is 9.95. The summed E-state index contributed by atoms with van der Waals surface area (Å²) in [7, 11) is 1.16. The van der Waals surface area contributed by atoms with Crippen molar-refractivity contribution >= 4 is 40.0 Å². The van der Waals surface area contributed by atoms with Crippen LogP contribution in [0.3, 0.4) is 0 Å². The van der Waals surface area contributed by atoms with Gasteiger partial charge in [-0.15, -0.1) is 0 Å². The minimum atomic E-state index is -5.08.